The minimum Gasteiger partial charge on any atom is -0.326 e. The van der Waals surface area contributed by atoms with Gasteiger partial charge in [0.1, 0.15) is 0 Å². The van der Waals surface area contributed by atoms with Gasteiger partial charge in [-0.2, -0.15) is 0 Å². The standard InChI is InChI=1S/C16H18BrNO/c17-11-6-5-7-12(10-11)18-16(19)15-13-8-3-1-2-4-9-14(13)15/h1-2,5-7,10,13-15H,3-4,8-9H2,(H,18,19)/b2-1-/t13-,14-/m1/s1. The van der Waals surface area contributed by atoms with Gasteiger partial charge in [-0.25, -0.2) is 0 Å². The Hall–Kier alpha value is -1.09. The Morgan fingerprint density at radius 3 is 2.47 bits per heavy atom. The summed E-state index contributed by atoms with van der Waals surface area (Å²) in [6.07, 6.45) is 9.11. The highest BCUT2D eigenvalue weighted by Gasteiger charge is 2.53. The van der Waals surface area contributed by atoms with Crippen molar-refractivity contribution in [1.29, 1.82) is 0 Å². The number of halogens is 1. The number of benzene rings is 1. The van der Waals surface area contributed by atoms with Crippen LogP contribution in [0.4, 0.5) is 5.69 Å². The number of hydrogen-bond acceptors (Lipinski definition) is 1. The van der Waals surface area contributed by atoms with Crippen molar-refractivity contribution in [2.75, 3.05) is 5.32 Å². The van der Waals surface area contributed by atoms with E-state index < -0.39 is 0 Å². The van der Waals surface area contributed by atoms with Gasteiger partial charge >= 0.3 is 0 Å². The average Bonchev–Trinajstić information content (AvgIpc) is 3.00. The van der Waals surface area contributed by atoms with Crippen LogP contribution in [0.5, 0.6) is 0 Å². The molecule has 2 aliphatic carbocycles. The van der Waals surface area contributed by atoms with E-state index in [-0.39, 0.29) is 11.8 Å². The monoisotopic (exact) mass is 319 g/mol. The number of carbonyl (C=O) groups is 1. The first-order valence-electron chi connectivity index (χ1n) is 6.97. The largest absolute Gasteiger partial charge is 0.326 e. The first kappa shape index (κ1) is 12.9. The Kier molecular flexibility index (Phi) is 3.74. The predicted octanol–water partition coefficient (Wildman–Crippen LogP) is 4.38. The molecule has 0 heterocycles. The summed E-state index contributed by atoms with van der Waals surface area (Å²) in [4.78, 5) is 12.3. The van der Waals surface area contributed by atoms with Gasteiger partial charge in [-0.3, -0.25) is 4.79 Å². The first-order valence-corrected chi connectivity index (χ1v) is 7.76. The summed E-state index contributed by atoms with van der Waals surface area (Å²) in [5, 5.41) is 3.05. The van der Waals surface area contributed by atoms with E-state index in [4.69, 9.17) is 0 Å². The third kappa shape index (κ3) is 2.92. The molecular weight excluding hydrogens is 302 g/mol. The molecule has 2 nitrogen and oxygen atoms in total. The van der Waals surface area contributed by atoms with Gasteiger partial charge in [-0.15, -0.1) is 0 Å². The van der Waals surface area contributed by atoms with Crippen molar-refractivity contribution < 1.29 is 4.79 Å². The lowest BCUT2D eigenvalue weighted by atomic mass is 10.1. The highest BCUT2D eigenvalue weighted by atomic mass is 79.9. The lowest BCUT2D eigenvalue weighted by molar-refractivity contribution is -0.117. The first-order chi connectivity index (χ1) is 9.25. The van der Waals surface area contributed by atoms with Gasteiger partial charge in [-0.1, -0.05) is 34.1 Å². The second-order valence-electron chi connectivity index (χ2n) is 5.48. The molecule has 2 atom stereocenters. The number of rotatable bonds is 2. The number of allylic oxidation sites excluding steroid dienone is 2. The Morgan fingerprint density at radius 2 is 1.84 bits per heavy atom. The lowest BCUT2D eigenvalue weighted by Crippen LogP contribution is -2.15. The van der Waals surface area contributed by atoms with Gasteiger partial charge < -0.3 is 5.32 Å². The normalized spacial score (nSPS) is 30.7. The molecule has 1 saturated carbocycles. The second-order valence-corrected chi connectivity index (χ2v) is 6.39. The second kappa shape index (κ2) is 5.49. The van der Waals surface area contributed by atoms with Crippen LogP contribution in [0.1, 0.15) is 25.7 Å². The molecule has 0 aliphatic heterocycles. The molecule has 3 heteroatoms. The van der Waals surface area contributed by atoms with E-state index in [1.165, 1.54) is 0 Å². The molecule has 2 aliphatic rings. The quantitative estimate of drug-likeness (QED) is 0.805. The molecular formula is C16H18BrNO. The van der Waals surface area contributed by atoms with Crippen molar-refractivity contribution in [2.24, 2.45) is 17.8 Å². The highest BCUT2D eigenvalue weighted by Crippen LogP contribution is 2.53. The zero-order chi connectivity index (χ0) is 13.2. The molecule has 0 radical (unpaired) electrons. The molecule has 1 fully saturated rings. The number of carbonyl (C=O) groups excluding carboxylic acids is 1. The van der Waals surface area contributed by atoms with Crippen molar-refractivity contribution in [3.05, 3.63) is 40.9 Å². The maximum absolute atomic E-state index is 12.3. The molecule has 1 aromatic carbocycles. The number of amides is 1. The molecule has 3 rings (SSSR count). The van der Waals surface area contributed by atoms with Crippen molar-refractivity contribution in [3.63, 3.8) is 0 Å². The van der Waals surface area contributed by atoms with Gasteiger partial charge in [0.2, 0.25) is 5.91 Å². The van der Waals surface area contributed by atoms with Gasteiger partial charge in [0, 0.05) is 16.1 Å². The maximum Gasteiger partial charge on any atom is 0.228 e. The molecule has 1 amide bonds. The lowest BCUT2D eigenvalue weighted by Gasteiger charge is -2.05. The topological polar surface area (TPSA) is 29.1 Å². The van der Waals surface area contributed by atoms with E-state index in [9.17, 15) is 4.79 Å². The zero-order valence-electron chi connectivity index (χ0n) is 10.8. The molecule has 0 unspecified atom stereocenters. The fourth-order valence-corrected chi connectivity index (χ4v) is 3.63. The number of fused-ring (bicyclic) bond motifs is 1. The van der Waals surface area contributed by atoms with Crippen LogP contribution in [0, 0.1) is 17.8 Å². The molecule has 0 bridgehead atoms. The van der Waals surface area contributed by atoms with Crippen LogP contribution in [-0.2, 0) is 4.79 Å². The molecule has 1 aromatic rings. The highest BCUT2D eigenvalue weighted by molar-refractivity contribution is 9.10. The van der Waals surface area contributed by atoms with Gasteiger partial charge in [-0.05, 0) is 55.7 Å². The average molecular weight is 320 g/mol. The van der Waals surface area contributed by atoms with E-state index in [0.29, 0.717) is 11.8 Å². The molecule has 0 saturated heterocycles. The third-order valence-corrected chi connectivity index (χ3v) is 4.72. The number of nitrogens with one attached hydrogen (secondary N) is 1. The van der Waals surface area contributed by atoms with E-state index in [1.54, 1.807) is 0 Å². The zero-order valence-corrected chi connectivity index (χ0v) is 12.4. The van der Waals surface area contributed by atoms with Crippen LogP contribution >= 0.6 is 15.9 Å². The fraction of sp³-hybridized carbons (Fsp3) is 0.438. The Morgan fingerprint density at radius 1 is 1.16 bits per heavy atom. The SMILES string of the molecule is O=C(Nc1cccc(Br)c1)C1[C@@H]2CC/C=C\CC[C@@H]12. The van der Waals surface area contributed by atoms with Crippen molar-refractivity contribution >= 4 is 27.5 Å². The van der Waals surface area contributed by atoms with E-state index in [2.05, 4.69) is 33.4 Å². The summed E-state index contributed by atoms with van der Waals surface area (Å²) < 4.78 is 0.997. The molecule has 0 aromatic heterocycles. The summed E-state index contributed by atoms with van der Waals surface area (Å²) >= 11 is 3.43. The van der Waals surface area contributed by atoms with E-state index >= 15 is 0 Å². The van der Waals surface area contributed by atoms with Crippen LogP contribution in [0.25, 0.3) is 0 Å². The third-order valence-electron chi connectivity index (χ3n) is 4.23. The van der Waals surface area contributed by atoms with E-state index in [0.717, 1.165) is 35.8 Å². The molecule has 100 valence electrons. The number of hydrogen-bond donors (Lipinski definition) is 1. The summed E-state index contributed by atoms with van der Waals surface area (Å²) in [6, 6.07) is 7.80. The Labute approximate surface area is 122 Å². The predicted molar refractivity (Wildman–Crippen MR) is 80.8 cm³/mol. The minimum absolute atomic E-state index is 0.204. The maximum atomic E-state index is 12.3. The van der Waals surface area contributed by atoms with Gasteiger partial charge in [0.15, 0.2) is 0 Å². The fourth-order valence-electron chi connectivity index (χ4n) is 3.23. The van der Waals surface area contributed by atoms with Crippen LogP contribution in [0.3, 0.4) is 0 Å². The van der Waals surface area contributed by atoms with Gasteiger partial charge in [0.25, 0.3) is 0 Å². The Balaban J connectivity index is 1.63. The summed E-state index contributed by atoms with van der Waals surface area (Å²) in [7, 11) is 0. The van der Waals surface area contributed by atoms with Crippen LogP contribution in [-0.4, -0.2) is 5.91 Å². The summed E-state index contributed by atoms with van der Waals surface area (Å²) in [6.45, 7) is 0. The smallest absolute Gasteiger partial charge is 0.228 e. The van der Waals surface area contributed by atoms with Crippen LogP contribution in [0.2, 0.25) is 0 Å². The van der Waals surface area contributed by atoms with Crippen molar-refractivity contribution in [2.45, 2.75) is 25.7 Å². The van der Waals surface area contributed by atoms with Crippen LogP contribution < -0.4 is 5.32 Å². The minimum atomic E-state index is 0.204. The number of anilines is 1. The summed E-state index contributed by atoms with van der Waals surface area (Å²) in [5.74, 6) is 1.66. The van der Waals surface area contributed by atoms with E-state index in [1.807, 2.05) is 24.3 Å². The van der Waals surface area contributed by atoms with Gasteiger partial charge in [0.05, 0.1) is 0 Å². The molecule has 19 heavy (non-hydrogen) atoms. The summed E-state index contributed by atoms with van der Waals surface area (Å²) in [5.41, 5.74) is 0.886. The van der Waals surface area contributed by atoms with Crippen molar-refractivity contribution in [1.82, 2.24) is 0 Å². The Bertz CT molecular complexity index is 495. The van der Waals surface area contributed by atoms with Crippen LogP contribution in [0.15, 0.2) is 40.9 Å². The molecule has 1 N–H and O–H groups in total. The molecule has 0 spiro atoms. The van der Waals surface area contributed by atoms with Crippen molar-refractivity contribution in [3.8, 4) is 0 Å².